The molecule has 0 fully saturated rings. The maximum atomic E-state index is 13.3. The van der Waals surface area contributed by atoms with Crippen molar-refractivity contribution in [3.8, 4) is 11.5 Å². The van der Waals surface area contributed by atoms with Gasteiger partial charge in [0.2, 0.25) is 5.13 Å². The molecule has 0 unspecified atom stereocenters. The SMILES string of the molecule is CCOc1ccc(/C=N/N(C(=O)c2ccc(Br)cc2)c2nc3ccc(OC)cc3s2)cc1. The lowest BCUT2D eigenvalue weighted by Gasteiger charge is -2.14. The number of fused-ring (bicyclic) bond motifs is 1. The minimum absolute atomic E-state index is 0.272. The van der Waals surface area contributed by atoms with E-state index in [1.54, 1.807) is 25.5 Å². The first-order chi connectivity index (χ1) is 15.6. The molecule has 0 aliphatic carbocycles. The number of amides is 1. The zero-order valence-electron chi connectivity index (χ0n) is 17.5. The first-order valence-electron chi connectivity index (χ1n) is 9.89. The van der Waals surface area contributed by atoms with Gasteiger partial charge in [0.05, 0.1) is 30.1 Å². The maximum absolute atomic E-state index is 13.3. The summed E-state index contributed by atoms with van der Waals surface area (Å²) in [5.41, 5.74) is 2.12. The van der Waals surface area contributed by atoms with Crippen molar-refractivity contribution in [3.05, 3.63) is 82.3 Å². The van der Waals surface area contributed by atoms with Crippen LogP contribution < -0.4 is 14.5 Å². The Balaban J connectivity index is 1.70. The third-order valence-corrected chi connectivity index (χ3v) is 6.08. The summed E-state index contributed by atoms with van der Waals surface area (Å²) >= 11 is 4.78. The number of thiazole rings is 1. The summed E-state index contributed by atoms with van der Waals surface area (Å²) in [4.78, 5) is 18.0. The van der Waals surface area contributed by atoms with Gasteiger partial charge in [-0.05, 0) is 79.2 Å². The Kier molecular flexibility index (Phi) is 6.82. The van der Waals surface area contributed by atoms with Crippen molar-refractivity contribution >= 4 is 54.7 Å². The average Bonchev–Trinajstić information content (AvgIpc) is 3.23. The van der Waals surface area contributed by atoms with E-state index >= 15 is 0 Å². The van der Waals surface area contributed by atoms with Gasteiger partial charge in [-0.25, -0.2) is 4.98 Å². The molecule has 8 heteroatoms. The zero-order valence-corrected chi connectivity index (χ0v) is 19.9. The standard InChI is InChI=1S/C24H20BrN3O3S/c1-3-31-19-10-4-16(5-11-19)15-26-28(23(29)17-6-8-18(25)9-7-17)24-27-21-13-12-20(30-2)14-22(21)32-24/h4-15H,3H2,1-2H3/b26-15+. The summed E-state index contributed by atoms with van der Waals surface area (Å²) in [7, 11) is 1.62. The number of hydrogen-bond donors (Lipinski definition) is 0. The van der Waals surface area contributed by atoms with E-state index in [0.29, 0.717) is 17.3 Å². The van der Waals surface area contributed by atoms with Crippen LogP contribution in [0.4, 0.5) is 5.13 Å². The molecule has 0 saturated carbocycles. The maximum Gasteiger partial charge on any atom is 0.280 e. The van der Waals surface area contributed by atoms with E-state index in [1.165, 1.54) is 16.3 Å². The number of methoxy groups -OCH3 is 1. The number of halogens is 1. The molecule has 0 atom stereocenters. The number of aromatic nitrogens is 1. The van der Waals surface area contributed by atoms with E-state index in [0.717, 1.165) is 31.8 Å². The quantitative estimate of drug-likeness (QED) is 0.221. The largest absolute Gasteiger partial charge is 0.497 e. The topological polar surface area (TPSA) is 64.0 Å². The molecule has 3 aromatic carbocycles. The van der Waals surface area contributed by atoms with E-state index in [1.807, 2.05) is 61.5 Å². The van der Waals surface area contributed by atoms with Crippen LogP contribution in [-0.2, 0) is 0 Å². The number of nitrogens with zero attached hydrogens (tertiary/aromatic N) is 3. The number of carbonyl (C=O) groups excluding carboxylic acids is 1. The zero-order chi connectivity index (χ0) is 22.5. The fourth-order valence-electron chi connectivity index (χ4n) is 2.95. The molecule has 0 radical (unpaired) electrons. The van der Waals surface area contributed by atoms with Crippen LogP contribution in [0.1, 0.15) is 22.8 Å². The third kappa shape index (κ3) is 4.98. The van der Waals surface area contributed by atoms with Gasteiger partial charge < -0.3 is 9.47 Å². The molecule has 1 amide bonds. The highest BCUT2D eigenvalue weighted by Crippen LogP contribution is 2.32. The van der Waals surface area contributed by atoms with Crippen LogP contribution >= 0.6 is 27.3 Å². The Morgan fingerprint density at radius 2 is 1.81 bits per heavy atom. The summed E-state index contributed by atoms with van der Waals surface area (Å²) in [5, 5.41) is 6.30. The summed E-state index contributed by atoms with van der Waals surface area (Å²) < 4.78 is 12.6. The summed E-state index contributed by atoms with van der Waals surface area (Å²) in [6.07, 6.45) is 1.64. The van der Waals surface area contributed by atoms with E-state index in [9.17, 15) is 4.79 Å². The van der Waals surface area contributed by atoms with Gasteiger partial charge in [-0.15, -0.1) is 0 Å². The van der Waals surface area contributed by atoms with Crippen molar-refractivity contribution in [2.75, 3.05) is 18.7 Å². The molecule has 1 heterocycles. The number of hydrazone groups is 1. The molecule has 0 saturated heterocycles. The van der Waals surface area contributed by atoms with E-state index < -0.39 is 0 Å². The van der Waals surface area contributed by atoms with E-state index in [4.69, 9.17) is 9.47 Å². The van der Waals surface area contributed by atoms with Gasteiger partial charge in [0.15, 0.2) is 0 Å². The highest BCUT2D eigenvalue weighted by Gasteiger charge is 2.21. The predicted molar refractivity (Wildman–Crippen MR) is 132 cm³/mol. The monoisotopic (exact) mass is 509 g/mol. The molecule has 0 N–H and O–H groups in total. The van der Waals surface area contributed by atoms with Crippen molar-refractivity contribution in [1.29, 1.82) is 0 Å². The Bertz CT molecular complexity index is 1250. The van der Waals surface area contributed by atoms with Crippen molar-refractivity contribution in [3.63, 3.8) is 0 Å². The van der Waals surface area contributed by atoms with Gasteiger partial charge in [-0.3, -0.25) is 4.79 Å². The number of rotatable bonds is 7. The van der Waals surface area contributed by atoms with Gasteiger partial charge in [0, 0.05) is 10.0 Å². The van der Waals surface area contributed by atoms with Gasteiger partial charge in [0.25, 0.3) is 5.91 Å². The smallest absolute Gasteiger partial charge is 0.280 e. The second-order valence-corrected chi connectivity index (χ2v) is 8.63. The summed E-state index contributed by atoms with van der Waals surface area (Å²) in [6, 6.07) is 20.3. The molecular formula is C24H20BrN3O3S. The van der Waals surface area contributed by atoms with Crippen LogP contribution in [0.2, 0.25) is 0 Å². The highest BCUT2D eigenvalue weighted by atomic mass is 79.9. The number of hydrogen-bond acceptors (Lipinski definition) is 6. The minimum atomic E-state index is -0.272. The Morgan fingerprint density at radius 1 is 1.09 bits per heavy atom. The van der Waals surface area contributed by atoms with Crippen LogP contribution in [0.5, 0.6) is 11.5 Å². The third-order valence-electron chi connectivity index (χ3n) is 4.56. The van der Waals surface area contributed by atoms with Crippen LogP contribution in [0.25, 0.3) is 10.2 Å². The first kappa shape index (κ1) is 22.0. The van der Waals surface area contributed by atoms with Gasteiger partial charge in [-0.2, -0.15) is 10.1 Å². The lowest BCUT2D eigenvalue weighted by molar-refractivity contribution is 0.0988. The van der Waals surface area contributed by atoms with Crippen molar-refractivity contribution in [2.45, 2.75) is 6.92 Å². The van der Waals surface area contributed by atoms with Gasteiger partial charge in [-0.1, -0.05) is 27.3 Å². The molecule has 4 aromatic rings. The van der Waals surface area contributed by atoms with Crippen molar-refractivity contribution in [1.82, 2.24) is 4.98 Å². The molecule has 32 heavy (non-hydrogen) atoms. The molecule has 1 aromatic heterocycles. The average molecular weight is 510 g/mol. The predicted octanol–water partition coefficient (Wildman–Crippen LogP) is 6.15. The molecule has 0 bridgehead atoms. The second-order valence-electron chi connectivity index (χ2n) is 6.70. The molecule has 6 nitrogen and oxygen atoms in total. The minimum Gasteiger partial charge on any atom is -0.497 e. The Morgan fingerprint density at radius 3 is 2.50 bits per heavy atom. The molecule has 0 spiro atoms. The van der Waals surface area contributed by atoms with E-state index in [-0.39, 0.29) is 5.91 Å². The number of benzene rings is 3. The van der Waals surface area contributed by atoms with Crippen molar-refractivity contribution in [2.24, 2.45) is 5.10 Å². The number of carbonyl (C=O) groups is 1. The van der Waals surface area contributed by atoms with Crippen LogP contribution in [0.3, 0.4) is 0 Å². The number of ether oxygens (including phenoxy) is 2. The van der Waals surface area contributed by atoms with Gasteiger partial charge >= 0.3 is 0 Å². The first-order valence-corrected chi connectivity index (χ1v) is 11.5. The number of anilines is 1. The fourth-order valence-corrected chi connectivity index (χ4v) is 4.17. The molecular weight excluding hydrogens is 490 g/mol. The fraction of sp³-hybridized carbons (Fsp3) is 0.125. The highest BCUT2D eigenvalue weighted by molar-refractivity contribution is 9.10. The molecule has 0 aliphatic heterocycles. The summed E-state index contributed by atoms with van der Waals surface area (Å²) in [5.74, 6) is 1.25. The van der Waals surface area contributed by atoms with Crippen LogP contribution in [0.15, 0.2) is 76.3 Å². The summed E-state index contributed by atoms with van der Waals surface area (Å²) in [6.45, 7) is 2.54. The lowest BCUT2D eigenvalue weighted by atomic mass is 10.2. The van der Waals surface area contributed by atoms with Crippen molar-refractivity contribution < 1.29 is 14.3 Å². The van der Waals surface area contributed by atoms with Crippen LogP contribution in [-0.4, -0.2) is 30.8 Å². The van der Waals surface area contributed by atoms with Gasteiger partial charge in [0.1, 0.15) is 11.5 Å². The van der Waals surface area contributed by atoms with E-state index in [2.05, 4.69) is 26.0 Å². The molecule has 162 valence electrons. The Hall–Kier alpha value is -3.23. The lowest BCUT2D eigenvalue weighted by Crippen LogP contribution is -2.25. The second kappa shape index (κ2) is 9.93. The van der Waals surface area contributed by atoms with Crippen LogP contribution in [0, 0.1) is 0 Å². The molecule has 4 rings (SSSR count). The normalized spacial score (nSPS) is 11.1. The Labute approximate surface area is 198 Å². The molecule has 0 aliphatic rings.